The smallest absolute Gasteiger partial charge is 0.149 e. The highest BCUT2D eigenvalue weighted by atomic mass is 19.1. The van der Waals surface area contributed by atoms with Gasteiger partial charge in [0, 0.05) is 24.6 Å². The minimum absolute atomic E-state index is 0.110. The first-order chi connectivity index (χ1) is 7.65. The van der Waals surface area contributed by atoms with Gasteiger partial charge in [-0.2, -0.15) is 0 Å². The van der Waals surface area contributed by atoms with E-state index >= 15 is 0 Å². The lowest BCUT2D eigenvalue weighted by Crippen LogP contribution is -2.52. The molecule has 5 heteroatoms. The molecule has 1 aromatic rings. The summed E-state index contributed by atoms with van der Waals surface area (Å²) in [6.07, 6.45) is 0. The topological polar surface area (TPSA) is 47.3 Å². The molecule has 1 aromatic carbocycles. The molecule has 0 aromatic heterocycles. The van der Waals surface area contributed by atoms with E-state index in [1.165, 1.54) is 12.1 Å². The SMILES string of the molecule is NCC1(CNc2ccc(F)cc2F)COC1. The molecule has 0 amide bonds. The fourth-order valence-corrected chi connectivity index (χ4v) is 1.60. The number of hydrogen-bond acceptors (Lipinski definition) is 3. The normalized spacial score (nSPS) is 17.9. The van der Waals surface area contributed by atoms with E-state index in [-0.39, 0.29) is 5.41 Å². The molecular formula is C11H14F2N2O. The second-order valence-corrected chi connectivity index (χ2v) is 4.17. The molecule has 2 rings (SSSR count). The van der Waals surface area contributed by atoms with E-state index in [4.69, 9.17) is 10.5 Å². The van der Waals surface area contributed by atoms with Crippen molar-refractivity contribution in [1.29, 1.82) is 0 Å². The largest absolute Gasteiger partial charge is 0.382 e. The molecule has 0 aliphatic carbocycles. The highest BCUT2D eigenvalue weighted by molar-refractivity contribution is 5.45. The minimum Gasteiger partial charge on any atom is -0.382 e. The molecule has 1 aliphatic rings. The quantitative estimate of drug-likeness (QED) is 0.817. The monoisotopic (exact) mass is 228 g/mol. The van der Waals surface area contributed by atoms with E-state index in [1.807, 2.05) is 0 Å². The van der Waals surface area contributed by atoms with E-state index in [0.29, 0.717) is 32.0 Å². The molecule has 3 nitrogen and oxygen atoms in total. The summed E-state index contributed by atoms with van der Waals surface area (Å²) in [5.74, 6) is -1.17. The van der Waals surface area contributed by atoms with Crippen molar-refractivity contribution >= 4 is 5.69 Å². The average molecular weight is 228 g/mol. The first kappa shape index (κ1) is 11.3. The zero-order chi connectivity index (χ0) is 11.6. The van der Waals surface area contributed by atoms with Gasteiger partial charge >= 0.3 is 0 Å². The van der Waals surface area contributed by atoms with Crippen LogP contribution in [-0.4, -0.2) is 26.3 Å². The van der Waals surface area contributed by atoms with Crippen molar-refractivity contribution < 1.29 is 13.5 Å². The van der Waals surface area contributed by atoms with Gasteiger partial charge in [-0.05, 0) is 12.1 Å². The molecule has 0 atom stereocenters. The maximum atomic E-state index is 13.3. The van der Waals surface area contributed by atoms with Crippen LogP contribution in [0.4, 0.5) is 14.5 Å². The zero-order valence-corrected chi connectivity index (χ0v) is 8.80. The third kappa shape index (κ3) is 2.15. The first-order valence-corrected chi connectivity index (χ1v) is 5.12. The van der Waals surface area contributed by atoms with Gasteiger partial charge in [0.25, 0.3) is 0 Å². The van der Waals surface area contributed by atoms with Gasteiger partial charge in [-0.1, -0.05) is 0 Å². The van der Waals surface area contributed by atoms with E-state index in [9.17, 15) is 8.78 Å². The van der Waals surface area contributed by atoms with Crippen molar-refractivity contribution in [3.63, 3.8) is 0 Å². The van der Waals surface area contributed by atoms with Crippen LogP contribution in [0.1, 0.15) is 0 Å². The van der Waals surface area contributed by atoms with E-state index in [2.05, 4.69) is 5.32 Å². The van der Waals surface area contributed by atoms with Crippen molar-refractivity contribution in [3.05, 3.63) is 29.8 Å². The van der Waals surface area contributed by atoms with Gasteiger partial charge in [0.15, 0.2) is 0 Å². The molecule has 1 saturated heterocycles. The van der Waals surface area contributed by atoms with Gasteiger partial charge in [0.2, 0.25) is 0 Å². The van der Waals surface area contributed by atoms with E-state index < -0.39 is 11.6 Å². The number of halogens is 2. The molecule has 1 heterocycles. The molecule has 1 aliphatic heterocycles. The van der Waals surface area contributed by atoms with Crippen LogP contribution in [0.2, 0.25) is 0 Å². The summed E-state index contributed by atoms with van der Waals surface area (Å²) >= 11 is 0. The Morgan fingerprint density at radius 1 is 1.38 bits per heavy atom. The Kier molecular flexibility index (Phi) is 3.07. The number of hydrogen-bond donors (Lipinski definition) is 2. The first-order valence-electron chi connectivity index (χ1n) is 5.12. The highest BCUT2D eigenvalue weighted by Gasteiger charge is 2.37. The fourth-order valence-electron chi connectivity index (χ4n) is 1.60. The number of nitrogens with two attached hydrogens (primary N) is 1. The predicted molar refractivity (Wildman–Crippen MR) is 57.2 cm³/mol. The van der Waals surface area contributed by atoms with Crippen LogP contribution in [-0.2, 0) is 4.74 Å². The molecule has 0 saturated carbocycles. The summed E-state index contributed by atoms with van der Waals surface area (Å²) in [6, 6.07) is 3.46. The van der Waals surface area contributed by atoms with Crippen LogP contribution in [0, 0.1) is 17.0 Å². The molecule has 3 N–H and O–H groups in total. The van der Waals surface area contributed by atoms with Crippen molar-refractivity contribution in [1.82, 2.24) is 0 Å². The van der Waals surface area contributed by atoms with Crippen LogP contribution in [0.5, 0.6) is 0 Å². The Labute approximate surface area is 92.6 Å². The summed E-state index contributed by atoms with van der Waals surface area (Å²) in [6.45, 7) is 2.19. The van der Waals surface area contributed by atoms with Crippen molar-refractivity contribution in [2.45, 2.75) is 0 Å². The number of anilines is 1. The Balaban J connectivity index is 1.99. The molecule has 1 fully saturated rings. The van der Waals surface area contributed by atoms with Crippen molar-refractivity contribution in [2.75, 3.05) is 31.6 Å². The lowest BCUT2D eigenvalue weighted by Gasteiger charge is -2.40. The summed E-state index contributed by atoms with van der Waals surface area (Å²) < 4.78 is 31.0. The van der Waals surface area contributed by atoms with Gasteiger partial charge in [-0.25, -0.2) is 8.78 Å². The van der Waals surface area contributed by atoms with Gasteiger partial charge in [-0.15, -0.1) is 0 Å². The summed E-state index contributed by atoms with van der Waals surface area (Å²) in [5.41, 5.74) is 5.80. The van der Waals surface area contributed by atoms with Gasteiger partial charge in [-0.3, -0.25) is 0 Å². The van der Waals surface area contributed by atoms with Crippen molar-refractivity contribution in [2.24, 2.45) is 11.1 Å². The molecule has 0 bridgehead atoms. The Bertz CT molecular complexity index is 375. The zero-order valence-electron chi connectivity index (χ0n) is 8.80. The summed E-state index contributed by atoms with van der Waals surface area (Å²) in [4.78, 5) is 0. The number of nitrogens with one attached hydrogen (secondary N) is 1. The van der Waals surface area contributed by atoms with Crippen molar-refractivity contribution in [3.8, 4) is 0 Å². The Morgan fingerprint density at radius 2 is 2.12 bits per heavy atom. The van der Waals surface area contributed by atoms with Crippen LogP contribution >= 0.6 is 0 Å². The molecule has 16 heavy (non-hydrogen) atoms. The minimum atomic E-state index is -0.590. The second-order valence-electron chi connectivity index (χ2n) is 4.17. The third-order valence-corrected chi connectivity index (χ3v) is 2.83. The molecule has 0 spiro atoms. The summed E-state index contributed by atoms with van der Waals surface area (Å²) in [5, 5.41) is 2.93. The second kappa shape index (κ2) is 4.35. The maximum absolute atomic E-state index is 13.3. The van der Waals surface area contributed by atoms with Gasteiger partial charge in [0.05, 0.1) is 18.9 Å². The standard InChI is InChI=1S/C11H14F2N2O/c12-8-1-2-10(9(13)3-8)15-5-11(4-14)6-16-7-11/h1-3,15H,4-7,14H2. The average Bonchev–Trinajstić information content (AvgIpc) is 2.19. The lowest BCUT2D eigenvalue weighted by atomic mass is 9.86. The molecular weight excluding hydrogens is 214 g/mol. The summed E-state index contributed by atoms with van der Waals surface area (Å²) in [7, 11) is 0. The highest BCUT2D eigenvalue weighted by Crippen LogP contribution is 2.27. The Morgan fingerprint density at radius 3 is 2.62 bits per heavy atom. The predicted octanol–water partition coefficient (Wildman–Crippen LogP) is 1.35. The van der Waals surface area contributed by atoms with Crippen LogP contribution < -0.4 is 11.1 Å². The van der Waals surface area contributed by atoms with Gasteiger partial charge < -0.3 is 15.8 Å². The number of ether oxygens (including phenoxy) is 1. The maximum Gasteiger partial charge on any atom is 0.149 e. The molecule has 88 valence electrons. The third-order valence-electron chi connectivity index (χ3n) is 2.83. The van der Waals surface area contributed by atoms with E-state index in [1.54, 1.807) is 0 Å². The Hall–Kier alpha value is -1.20. The van der Waals surface area contributed by atoms with Crippen LogP contribution in [0.15, 0.2) is 18.2 Å². The van der Waals surface area contributed by atoms with Crippen LogP contribution in [0.3, 0.4) is 0 Å². The van der Waals surface area contributed by atoms with Crippen LogP contribution in [0.25, 0.3) is 0 Å². The fraction of sp³-hybridized carbons (Fsp3) is 0.455. The van der Waals surface area contributed by atoms with E-state index in [0.717, 1.165) is 6.07 Å². The number of rotatable bonds is 4. The molecule has 0 unspecified atom stereocenters. The van der Waals surface area contributed by atoms with Gasteiger partial charge in [0.1, 0.15) is 11.6 Å². The lowest BCUT2D eigenvalue weighted by molar-refractivity contribution is -0.0979. The number of benzene rings is 1. The molecule has 0 radical (unpaired) electrons.